The van der Waals surface area contributed by atoms with Crippen molar-refractivity contribution in [2.45, 2.75) is 56.5 Å². The Bertz CT molecular complexity index is 1110. The summed E-state index contributed by atoms with van der Waals surface area (Å²) >= 11 is 0. The van der Waals surface area contributed by atoms with E-state index in [9.17, 15) is 13.2 Å². The topological polar surface area (TPSA) is 72.4 Å². The van der Waals surface area contributed by atoms with Gasteiger partial charge in [0.05, 0.1) is 17.9 Å². The number of aromatic nitrogens is 3. The molecule has 4 atom stereocenters. The van der Waals surface area contributed by atoms with Gasteiger partial charge in [-0.25, -0.2) is 4.98 Å². The van der Waals surface area contributed by atoms with Crippen LogP contribution in [0.2, 0.25) is 0 Å². The molecule has 35 heavy (non-hydrogen) atoms. The quantitative estimate of drug-likeness (QED) is 0.706. The van der Waals surface area contributed by atoms with Crippen LogP contribution >= 0.6 is 0 Å². The Morgan fingerprint density at radius 2 is 1.86 bits per heavy atom. The standard InChI is InChI=1S/C25H33F3N6O/c1-14(2)34-21(9-20(31-34)15-6-19(25(26,27)28)23(29)30-10-15)22-17-7-16(8-18(17)22)33-12-24(13-33)11-32(3)4-5-35-24/h6,9-10,14,16-18,22H,4-5,7-8,11-13H2,1-3H3,(H2,29,30)/t16-,17-,18+,22+. The molecular weight excluding hydrogens is 457 g/mol. The first-order chi connectivity index (χ1) is 16.5. The number of rotatable bonds is 4. The van der Waals surface area contributed by atoms with E-state index in [2.05, 4.69) is 35.7 Å². The van der Waals surface area contributed by atoms with E-state index in [1.165, 1.54) is 19.0 Å². The first-order valence-corrected chi connectivity index (χ1v) is 12.5. The maximum absolute atomic E-state index is 13.4. The Hall–Kier alpha value is -2.17. The molecule has 0 aromatic carbocycles. The summed E-state index contributed by atoms with van der Waals surface area (Å²) in [6.45, 7) is 8.99. The minimum atomic E-state index is -4.55. The van der Waals surface area contributed by atoms with Crippen LogP contribution in [0.15, 0.2) is 18.3 Å². The van der Waals surface area contributed by atoms with Crippen molar-refractivity contribution in [1.82, 2.24) is 24.6 Å². The lowest BCUT2D eigenvalue weighted by Crippen LogP contribution is -2.71. The third-order valence-corrected chi connectivity index (χ3v) is 8.47. The number of anilines is 1. The summed E-state index contributed by atoms with van der Waals surface area (Å²) < 4.78 is 48.2. The number of halogens is 3. The van der Waals surface area contributed by atoms with Crippen LogP contribution in [0.1, 0.15) is 49.9 Å². The summed E-state index contributed by atoms with van der Waals surface area (Å²) in [4.78, 5) is 8.75. The molecule has 4 aliphatic rings. The second kappa shape index (κ2) is 7.91. The van der Waals surface area contributed by atoms with Crippen LogP contribution in [0, 0.1) is 11.8 Å². The largest absolute Gasteiger partial charge is 0.419 e. The molecule has 2 aromatic heterocycles. The first kappa shape index (κ1) is 23.2. The molecule has 0 unspecified atom stereocenters. The van der Waals surface area contributed by atoms with Crippen molar-refractivity contribution < 1.29 is 17.9 Å². The summed E-state index contributed by atoms with van der Waals surface area (Å²) in [7, 11) is 2.17. The Balaban J connectivity index is 1.16. The Labute approximate surface area is 203 Å². The summed E-state index contributed by atoms with van der Waals surface area (Å²) in [5.74, 6) is 1.14. The zero-order valence-electron chi connectivity index (χ0n) is 20.4. The molecule has 1 spiro atoms. The van der Waals surface area contributed by atoms with Gasteiger partial charge < -0.3 is 15.4 Å². The van der Waals surface area contributed by atoms with Gasteiger partial charge in [-0.2, -0.15) is 18.3 Å². The summed E-state index contributed by atoms with van der Waals surface area (Å²) in [6, 6.07) is 3.76. The van der Waals surface area contributed by atoms with E-state index in [0.717, 1.165) is 44.5 Å². The monoisotopic (exact) mass is 490 g/mol. The highest BCUT2D eigenvalue weighted by Gasteiger charge is 2.61. The van der Waals surface area contributed by atoms with Crippen molar-refractivity contribution in [3.8, 4) is 11.3 Å². The molecule has 7 nitrogen and oxygen atoms in total. The SMILES string of the molecule is CC(C)n1nc(-c2cnc(N)c(C(F)(F)F)c2)cc1[C@H]1[C@@H]2C[C@@H](N3CC4(CN(C)CCO4)C3)C[C@@H]21. The maximum Gasteiger partial charge on any atom is 0.419 e. The fourth-order valence-electron chi connectivity index (χ4n) is 6.78. The molecule has 4 heterocycles. The van der Waals surface area contributed by atoms with E-state index in [1.54, 1.807) is 0 Å². The lowest BCUT2D eigenvalue weighted by atomic mass is 9.88. The number of likely N-dealkylation sites (N-methyl/N-ethyl adjacent to an activating group) is 1. The molecule has 2 saturated heterocycles. The molecule has 10 heteroatoms. The van der Waals surface area contributed by atoms with Crippen LogP contribution in [-0.4, -0.2) is 76.0 Å². The molecule has 4 fully saturated rings. The highest BCUT2D eigenvalue weighted by Crippen LogP contribution is 2.64. The molecular formula is C25H33F3N6O. The van der Waals surface area contributed by atoms with Gasteiger partial charge in [-0.05, 0) is 57.7 Å². The zero-order chi connectivity index (χ0) is 24.7. The predicted molar refractivity (Wildman–Crippen MR) is 126 cm³/mol. The van der Waals surface area contributed by atoms with E-state index in [0.29, 0.717) is 35.1 Å². The molecule has 0 radical (unpaired) electrons. The maximum atomic E-state index is 13.4. The second-order valence-corrected chi connectivity index (χ2v) is 11.3. The van der Waals surface area contributed by atoms with Crippen LogP contribution in [0.4, 0.5) is 19.0 Å². The van der Waals surface area contributed by atoms with Crippen molar-refractivity contribution in [1.29, 1.82) is 0 Å². The molecule has 2 saturated carbocycles. The van der Waals surface area contributed by atoms with Crippen LogP contribution in [0.5, 0.6) is 0 Å². The number of hydrogen-bond donors (Lipinski definition) is 1. The summed E-state index contributed by atoms with van der Waals surface area (Å²) in [5, 5.41) is 4.70. The third-order valence-electron chi connectivity index (χ3n) is 8.47. The first-order valence-electron chi connectivity index (χ1n) is 12.5. The summed E-state index contributed by atoms with van der Waals surface area (Å²) in [6.07, 6.45) is -0.828. The number of alkyl halides is 3. The number of ether oxygens (including phenoxy) is 1. The van der Waals surface area contributed by atoms with Crippen molar-refractivity contribution in [3.63, 3.8) is 0 Å². The van der Waals surface area contributed by atoms with Gasteiger partial charge in [0.25, 0.3) is 0 Å². The number of nitrogen functional groups attached to an aromatic ring is 1. The van der Waals surface area contributed by atoms with E-state index >= 15 is 0 Å². The Kier molecular flexibility index (Phi) is 5.26. The average molecular weight is 491 g/mol. The predicted octanol–water partition coefficient (Wildman–Crippen LogP) is 3.64. The van der Waals surface area contributed by atoms with Gasteiger partial charge in [0.15, 0.2) is 0 Å². The molecule has 6 rings (SSSR count). The number of morpholine rings is 1. The Morgan fingerprint density at radius 1 is 1.14 bits per heavy atom. The van der Waals surface area contributed by atoms with Crippen molar-refractivity contribution >= 4 is 5.82 Å². The number of pyridine rings is 1. The van der Waals surface area contributed by atoms with Gasteiger partial charge in [0, 0.05) is 61.6 Å². The smallest absolute Gasteiger partial charge is 0.383 e. The molecule has 190 valence electrons. The Morgan fingerprint density at radius 3 is 2.49 bits per heavy atom. The number of hydrogen-bond acceptors (Lipinski definition) is 6. The van der Waals surface area contributed by atoms with Crippen molar-refractivity contribution in [2.24, 2.45) is 11.8 Å². The van der Waals surface area contributed by atoms with Gasteiger partial charge in [-0.3, -0.25) is 9.58 Å². The number of nitrogens with zero attached hydrogens (tertiary/aromatic N) is 5. The minimum absolute atomic E-state index is 0.0206. The molecule has 0 bridgehead atoms. The molecule has 2 aromatic rings. The van der Waals surface area contributed by atoms with Crippen LogP contribution < -0.4 is 5.73 Å². The molecule has 2 aliphatic heterocycles. The van der Waals surface area contributed by atoms with Crippen molar-refractivity contribution in [3.05, 3.63) is 29.6 Å². The van der Waals surface area contributed by atoms with Gasteiger partial charge in [0.1, 0.15) is 11.4 Å². The number of fused-ring (bicyclic) bond motifs is 1. The van der Waals surface area contributed by atoms with E-state index in [-0.39, 0.29) is 11.6 Å². The van der Waals surface area contributed by atoms with E-state index < -0.39 is 17.6 Å². The van der Waals surface area contributed by atoms with Gasteiger partial charge in [-0.15, -0.1) is 0 Å². The molecule has 0 amide bonds. The third kappa shape index (κ3) is 3.94. The average Bonchev–Trinajstić information content (AvgIpc) is 3.12. The highest BCUT2D eigenvalue weighted by atomic mass is 19.4. The van der Waals surface area contributed by atoms with Crippen molar-refractivity contribution in [2.75, 3.05) is 45.6 Å². The van der Waals surface area contributed by atoms with Gasteiger partial charge in [0.2, 0.25) is 0 Å². The lowest BCUT2D eigenvalue weighted by Gasteiger charge is -2.55. The van der Waals surface area contributed by atoms with Crippen LogP contribution in [0.25, 0.3) is 11.3 Å². The van der Waals surface area contributed by atoms with Crippen LogP contribution in [0.3, 0.4) is 0 Å². The molecule has 2 aliphatic carbocycles. The fourth-order valence-corrected chi connectivity index (χ4v) is 6.78. The second-order valence-electron chi connectivity index (χ2n) is 11.3. The van der Waals surface area contributed by atoms with Gasteiger partial charge in [-0.1, -0.05) is 0 Å². The highest BCUT2D eigenvalue weighted by molar-refractivity contribution is 5.63. The lowest BCUT2D eigenvalue weighted by molar-refractivity contribution is -0.190. The minimum Gasteiger partial charge on any atom is -0.383 e. The fraction of sp³-hybridized carbons (Fsp3) is 0.680. The summed E-state index contributed by atoms with van der Waals surface area (Å²) in [5.41, 5.74) is 6.60. The number of nitrogens with two attached hydrogens (primary N) is 1. The van der Waals surface area contributed by atoms with E-state index in [1.807, 2.05) is 10.7 Å². The van der Waals surface area contributed by atoms with E-state index in [4.69, 9.17) is 15.6 Å². The zero-order valence-corrected chi connectivity index (χ0v) is 20.4. The van der Waals surface area contributed by atoms with Crippen LogP contribution in [-0.2, 0) is 10.9 Å². The normalized spacial score (nSPS) is 30.6. The van der Waals surface area contributed by atoms with Gasteiger partial charge >= 0.3 is 6.18 Å². The number of likely N-dealkylation sites (tertiary alicyclic amines) is 1. The molecule has 2 N–H and O–H groups in total.